The number of nitrogens with zero attached hydrogens (tertiary/aromatic N) is 2. The van der Waals surface area contributed by atoms with Gasteiger partial charge in [-0.2, -0.15) is 0 Å². The third kappa shape index (κ3) is 6.51. The summed E-state index contributed by atoms with van der Waals surface area (Å²) in [4.78, 5) is 0. The van der Waals surface area contributed by atoms with Crippen molar-refractivity contribution in [3.63, 3.8) is 0 Å². The van der Waals surface area contributed by atoms with Gasteiger partial charge >= 0.3 is 0 Å². The first-order valence-electron chi connectivity index (χ1n) is 4.66. The fourth-order valence-electron chi connectivity index (χ4n) is 0.602. The molecule has 0 spiro atoms. The minimum absolute atomic E-state index is 0.437. The molecule has 0 aliphatic rings. The molecule has 4 heteroatoms. The second-order valence-corrected chi connectivity index (χ2v) is 4.31. The fourth-order valence-corrected chi connectivity index (χ4v) is 1.34. The minimum Gasteiger partial charge on any atom is -0.358 e. The average Bonchev–Trinajstić information content (AvgIpc) is 2.35. The highest BCUT2D eigenvalue weighted by atomic mass is 32.1. The summed E-state index contributed by atoms with van der Waals surface area (Å²) in [7, 11) is 0. The number of hydrogen-bond acceptors (Lipinski definition) is 4. The van der Waals surface area contributed by atoms with Crippen molar-refractivity contribution in [1.29, 1.82) is 0 Å². The fraction of sp³-hybridized carbons (Fsp3) is 0.778. The molecule has 1 aromatic rings. The minimum atomic E-state index is 0.437. The lowest BCUT2D eigenvalue weighted by Crippen LogP contribution is -2.08. The van der Waals surface area contributed by atoms with Gasteiger partial charge in [-0.3, -0.25) is 0 Å². The van der Waals surface area contributed by atoms with Crippen molar-refractivity contribution in [2.75, 3.05) is 5.32 Å². The van der Waals surface area contributed by atoms with Crippen LogP contribution < -0.4 is 5.32 Å². The molecule has 0 amide bonds. The lowest BCUT2D eigenvalue weighted by atomic mass is 10.4. The first-order chi connectivity index (χ1) is 6.10. The van der Waals surface area contributed by atoms with Gasteiger partial charge in [0, 0.05) is 6.04 Å². The maximum atomic E-state index is 3.91. The van der Waals surface area contributed by atoms with E-state index < -0.39 is 0 Å². The molecule has 0 aromatic carbocycles. The van der Waals surface area contributed by atoms with E-state index in [1.807, 2.05) is 6.92 Å². The van der Waals surface area contributed by atoms with E-state index in [0.29, 0.717) is 6.04 Å². The van der Waals surface area contributed by atoms with Crippen molar-refractivity contribution in [1.82, 2.24) is 10.2 Å². The zero-order chi connectivity index (χ0) is 10.3. The first-order valence-corrected chi connectivity index (χ1v) is 5.48. The molecule has 1 N–H and O–H groups in total. The summed E-state index contributed by atoms with van der Waals surface area (Å²) in [6.07, 6.45) is 1.25. The topological polar surface area (TPSA) is 37.8 Å². The molecular weight excluding hydrogens is 182 g/mol. The zero-order valence-corrected chi connectivity index (χ0v) is 9.90. The van der Waals surface area contributed by atoms with E-state index in [1.165, 1.54) is 6.42 Å². The van der Waals surface area contributed by atoms with E-state index in [2.05, 4.69) is 43.2 Å². The van der Waals surface area contributed by atoms with Gasteiger partial charge in [0.15, 0.2) is 0 Å². The predicted octanol–water partition coefficient (Wildman–Crippen LogP) is 3.08. The van der Waals surface area contributed by atoms with E-state index in [9.17, 15) is 0 Å². The second kappa shape index (κ2) is 6.83. The van der Waals surface area contributed by atoms with Crippen LogP contribution in [0.3, 0.4) is 0 Å². The van der Waals surface area contributed by atoms with E-state index in [-0.39, 0.29) is 0 Å². The summed E-state index contributed by atoms with van der Waals surface area (Å²) in [6.45, 7) is 10.4. The largest absolute Gasteiger partial charge is 0.358 e. The summed E-state index contributed by atoms with van der Waals surface area (Å²) in [5.74, 6) is 0. The summed E-state index contributed by atoms with van der Waals surface area (Å²) < 4.78 is 0. The monoisotopic (exact) mass is 201 g/mol. The van der Waals surface area contributed by atoms with Gasteiger partial charge in [0.1, 0.15) is 5.01 Å². The third-order valence-corrected chi connectivity index (χ3v) is 1.71. The molecule has 0 atom stereocenters. The molecule has 0 bridgehead atoms. The molecule has 0 aliphatic carbocycles. The number of anilines is 1. The SMILES string of the molecule is CCC.Cc1nnc(NC(C)C)s1. The van der Waals surface area contributed by atoms with Gasteiger partial charge in [-0.1, -0.05) is 31.6 Å². The maximum Gasteiger partial charge on any atom is 0.205 e. The number of aromatic nitrogens is 2. The molecule has 0 saturated heterocycles. The van der Waals surface area contributed by atoms with Gasteiger partial charge < -0.3 is 5.32 Å². The zero-order valence-electron chi connectivity index (χ0n) is 9.09. The Morgan fingerprint density at radius 2 is 1.85 bits per heavy atom. The molecule has 0 saturated carbocycles. The standard InChI is InChI=1S/C6H11N3S.C3H8/c1-4(2)7-6-9-8-5(3)10-6;1-3-2/h4H,1-3H3,(H,7,9);3H2,1-2H3. The van der Waals surface area contributed by atoms with Crippen molar-refractivity contribution in [2.24, 2.45) is 0 Å². The molecule has 1 aromatic heterocycles. The van der Waals surface area contributed by atoms with Crippen LogP contribution in [-0.2, 0) is 0 Å². The van der Waals surface area contributed by atoms with Crippen LogP contribution in [-0.4, -0.2) is 16.2 Å². The Kier molecular flexibility index (Phi) is 6.49. The van der Waals surface area contributed by atoms with Crippen molar-refractivity contribution in [3.8, 4) is 0 Å². The summed E-state index contributed by atoms with van der Waals surface area (Å²) in [6, 6.07) is 0.437. The summed E-state index contributed by atoms with van der Waals surface area (Å²) in [5, 5.41) is 12.9. The molecule has 13 heavy (non-hydrogen) atoms. The van der Waals surface area contributed by atoms with Crippen molar-refractivity contribution < 1.29 is 0 Å². The van der Waals surface area contributed by atoms with E-state index in [1.54, 1.807) is 11.3 Å². The van der Waals surface area contributed by atoms with Gasteiger partial charge in [-0.25, -0.2) is 0 Å². The van der Waals surface area contributed by atoms with Crippen LogP contribution >= 0.6 is 11.3 Å². The Morgan fingerprint density at radius 3 is 2.15 bits per heavy atom. The lowest BCUT2D eigenvalue weighted by molar-refractivity contribution is 0.886. The normalized spacial score (nSPS) is 9.38. The molecular formula is C9H19N3S. The molecule has 0 unspecified atom stereocenters. The van der Waals surface area contributed by atoms with Crippen LogP contribution in [0.15, 0.2) is 0 Å². The highest BCUT2D eigenvalue weighted by Crippen LogP contribution is 2.13. The Morgan fingerprint density at radius 1 is 1.31 bits per heavy atom. The lowest BCUT2D eigenvalue weighted by Gasteiger charge is -2.02. The number of rotatable bonds is 2. The quantitative estimate of drug-likeness (QED) is 0.799. The van der Waals surface area contributed by atoms with Crippen molar-refractivity contribution in [3.05, 3.63) is 5.01 Å². The highest BCUT2D eigenvalue weighted by molar-refractivity contribution is 7.15. The van der Waals surface area contributed by atoms with Crippen LogP contribution in [0.5, 0.6) is 0 Å². The molecule has 0 radical (unpaired) electrons. The Hall–Kier alpha value is -0.640. The van der Waals surface area contributed by atoms with Gasteiger partial charge in [-0.05, 0) is 20.8 Å². The number of aryl methyl sites for hydroxylation is 1. The number of hydrogen-bond donors (Lipinski definition) is 1. The number of nitrogens with one attached hydrogen (secondary N) is 1. The molecule has 1 heterocycles. The van der Waals surface area contributed by atoms with Crippen LogP contribution in [0.25, 0.3) is 0 Å². The van der Waals surface area contributed by atoms with Crippen molar-refractivity contribution in [2.45, 2.75) is 47.1 Å². The molecule has 0 fully saturated rings. The smallest absolute Gasteiger partial charge is 0.205 e. The average molecular weight is 201 g/mol. The van der Waals surface area contributed by atoms with Crippen molar-refractivity contribution >= 4 is 16.5 Å². The van der Waals surface area contributed by atoms with Crippen LogP contribution in [0.2, 0.25) is 0 Å². The molecule has 1 rings (SSSR count). The Balaban J connectivity index is 0.000000424. The Labute approximate surface area is 84.6 Å². The van der Waals surface area contributed by atoms with Crippen LogP contribution in [0.4, 0.5) is 5.13 Å². The summed E-state index contributed by atoms with van der Waals surface area (Å²) in [5.41, 5.74) is 0. The van der Waals surface area contributed by atoms with Gasteiger partial charge in [-0.15, -0.1) is 10.2 Å². The third-order valence-electron chi connectivity index (χ3n) is 0.938. The van der Waals surface area contributed by atoms with Crippen LogP contribution in [0.1, 0.15) is 39.1 Å². The van der Waals surface area contributed by atoms with Gasteiger partial charge in [0.05, 0.1) is 0 Å². The first kappa shape index (κ1) is 12.4. The maximum absolute atomic E-state index is 3.91. The van der Waals surface area contributed by atoms with E-state index in [4.69, 9.17) is 0 Å². The predicted molar refractivity (Wildman–Crippen MR) is 59.4 cm³/mol. The molecule has 0 aliphatic heterocycles. The second-order valence-electron chi connectivity index (χ2n) is 3.13. The summed E-state index contributed by atoms with van der Waals surface area (Å²) >= 11 is 1.58. The van der Waals surface area contributed by atoms with Gasteiger partial charge in [0.25, 0.3) is 0 Å². The molecule has 3 nitrogen and oxygen atoms in total. The molecule has 76 valence electrons. The van der Waals surface area contributed by atoms with E-state index in [0.717, 1.165) is 10.1 Å². The van der Waals surface area contributed by atoms with Crippen LogP contribution in [0, 0.1) is 6.92 Å². The Bertz CT molecular complexity index is 220. The highest BCUT2D eigenvalue weighted by Gasteiger charge is 1.99. The van der Waals surface area contributed by atoms with E-state index >= 15 is 0 Å². The van der Waals surface area contributed by atoms with Gasteiger partial charge in [0.2, 0.25) is 5.13 Å².